The van der Waals surface area contributed by atoms with E-state index in [0.29, 0.717) is 17.6 Å². The van der Waals surface area contributed by atoms with Gasteiger partial charge in [0.05, 0.1) is 6.42 Å². The Hall–Kier alpha value is -0.330. The fourth-order valence-corrected chi connectivity index (χ4v) is 1.67. The summed E-state index contributed by atoms with van der Waals surface area (Å²) in [6.45, 7) is 0. The highest BCUT2D eigenvalue weighted by molar-refractivity contribution is 5.92. The Kier molecular flexibility index (Phi) is 0.758. The van der Waals surface area contributed by atoms with Crippen LogP contribution < -0.4 is 0 Å². The summed E-state index contributed by atoms with van der Waals surface area (Å²) in [4.78, 5) is 10.7. The second-order valence-electron chi connectivity index (χ2n) is 2.72. The van der Waals surface area contributed by atoms with Crippen molar-refractivity contribution in [3.8, 4) is 0 Å². The largest absolute Gasteiger partial charge is 0.299 e. The summed E-state index contributed by atoms with van der Waals surface area (Å²) in [5, 5.41) is 0. The summed E-state index contributed by atoms with van der Waals surface area (Å²) < 4.78 is 0. The van der Waals surface area contributed by atoms with Crippen LogP contribution >= 0.6 is 0 Å². The number of carbonyl (C=O) groups is 1. The average Bonchev–Trinajstić information content (AvgIpc) is 2.23. The lowest BCUT2D eigenvalue weighted by Gasteiger charge is -2.03. The van der Waals surface area contributed by atoms with Crippen LogP contribution in [0.15, 0.2) is 0 Å². The molecule has 2 aliphatic carbocycles. The van der Waals surface area contributed by atoms with Gasteiger partial charge < -0.3 is 0 Å². The van der Waals surface area contributed by atoms with Crippen molar-refractivity contribution in [1.29, 1.82) is 0 Å². The van der Waals surface area contributed by atoms with Gasteiger partial charge in [-0.15, -0.1) is 0 Å². The summed E-state index contributed by atoms with van der Waals surface area (Å²) >= 11 is 0. The molecule has 0 aromatic rings. The Bertz CT molecular complexity index is 128. The monoisotopic (exact) mass is 108 g/mol. The van der Waals surface area contributed by atoms with Crippen molar-refractivity contribution in [1.82, 2.24) is 0 Å². The molecule has 2 aliphatic rings. The van der Waals surface area contributed by atoms with Gasteiger partial charge in [0.2, 0.25) is 0 Å². The molecule has 2 fully saturated rings. The number of fused-ring (bicyclic) bond motifs is 2. The van der Waals surface area contributed by atoms with Gasteiger partial charge in [-0.2, -0.15) is 0 Å². The summed E-state index contributed by atoms with van der Waals surface area (Å²) in [5.41, 5.74) is 0. The van der Waals surface area contributed by atoms with E-state index >= 15 is 0 Å². The first kappa shape index (κ1) is 4.54. The molecule has 0 aromatic carbocycles. The highest BCUT2D eigenvalue weighted by atomic mass is 16.1. The average molecular weight is 108 g/mol. The molecule has 2 saturated carbocycles. The maximum absolute atomic E-state index is 10.7. The maximum Gasteiger partial charge on any atom is 0.144 e. The van der Waals surface area contributed by atoms with Crippen LogP contribution in [0.25, 0.3) is 0 Å². The van der Waals surface area contributed by atoms with Gasteiger partial charge in [-0.05, 0) is 25.2 Å². The first-order chi connectivity index (χ1) is 3.86. The SMILES string of the molecule is O=C1[C]C2CCC1C2. The molecule has 1 nitrogen and oxygen atoms in total. The van der Waals surface area contributed by atoms with Crippen molar-refractivity contribution in [2.24, 2.45) is 11.8 Å². The molecule has 2 unspecified atom stereocenters. The van der Waals surface area contributed by atoms with Gasteiger partial charge in [0.15, 0.2) is 0 Å². The van der Waals surface area contributed by atoms with Gasteiger partial charge in [-0.1, -0.05) is 0 Å². The fraction of sp³-hybridized carbons (Fsp3) is 0.714. The van der Waals surface area contributed by atoms with Crippen molar-refractivity contribution in [3.63, 3.8) is 0 Å². The van der Waals surface area contributed by atoms with Crippen LogP contribution in [-0.2, 0) is 4.79 Å². The molecule has 2 radical (unpaired) electrons. The molecule has 2 bridgehead atoms. The predicted octanol–water partition coefficient (Wildman–Crippen LogP) is 1.07. The molecular formula is C7H8O. The third-order valence-corrected chi connectivity index (χ3v) is 2.15. The number of Topliss-reactive ketones (excluding diaryl/α,β-unsaturated/α-hetero) is 1. The molecule has 0 heterocycles. The van der Waals surface area contributed by atoms with Crippen LogP contribution in [0.3, 0.4) is 0 Å². The van der Waals surface area contributed by atoms with Gasteiger partial charge in [0.1, 0.15) is 5.78 Å². The van der Waals surface area contributed by atoms with Crippen LogP contribution in [-0.4, -0.2) is 5.78 Å². The third-order valence-electron chi connectivity index (χ3n) is 2.15. The molecule has 8 heavy (non-hydrogen) atoms. The minimum atomic E-state index is 0.293. The molecular weight excluding hydrogens is 100 g/mol. The van der Waals surface area contributed by atoms with Gasteiger partial charge in [-0.3, -0.25) is 4.79 Å². The lowest BCUT2D eigenvalue weighted by atomic mass is 10.00. The van der Waals surface area contributed by atoms with Gasteiger partial charge in [0, 0.05) is 5.92 Å². The van der Waals surface area contributed by atoms with E-state index in [4.69, 9.17) is 0 Å². The zero-order valence-electron chi connectivity index (χ0n) is 4.68. The van der Waals surface area contributed by atoms with Gasteiger partial charge >= 0.3 is 0 Å². The molecule has 2 atom stereocenters. The van der Waals surface area contributed by atoms with E-state index in [2.05, 4.69) is 6.42 Å². The Labute approximate surface area is 49.1 Å². The first-order valence-corrected chi connectivity index (χ1v) is 3.16. The van der Waals surface area contributed by atoms with E-state index in [1.165, 1.54) is 6.42 Å². The minimum absolute atomic E-state index is 0.293. The molecule has 0 aromatic heterocycles. The Morgan fingerprint density at radius 2 is 2.38 bits per heavy atom. The van der Waals surface area contributed by atoms with Gasteiger partial charge in [-0.25, -0.2) is 0 Å². The lowest BCUT2D eigenvalue weighted by Crippen LogP contribution is -2.08. The number of hydrogen-bond acceptors (Lipinski definition) is 1. The first-order valence-electron chi connectivity index (χ1n) is 3.16. The van der Waals surface area contributed by atoms with Crippen LogP contribution in [0, 0.1) is 18.3 Å². The van der Waals surface area contributed by atoms with E-state index in [-0.39, 0.29) is 0 Å². The maximum atomic E-state index is 10.7. The highest BCUT2D eigenvalue weighted by Crippen LogP contribution is 2.40. The number of carbonyl (C=O) groups excluding carboxylic acids is 1. The predicted molar refractivity (Wildman–Crippen MR) is 29.1 cm³/mol. The number of ketones is 1. The Morgan fingerprint density at radius 3 is 2.62 bits per heavy atom. The molecule has 0 aliphatic heterocycles. The fourth-order valence-electron chi connectivity index (χ4n) is 1.67. The second kappa shape index (κ2) is 1.34. The normalized spacial score (nSPS) is 43.8. The summed E-state index contributed by atoms with van der Waals surface area (Å²) in [6, 6.07) is 0. The third kappa shape index (κ3) is 0.445. The van der Waals surface area contributed by atoms with E-state index in [9.17, 15) is 4.79 Å². The van der Waals surface area contributed by atoms with Crippen molar-refractivity contribution in [2.45, 2.75) is 19.3 Å². The van der Waals surface area contributed by atoms with E-state index in [0.717, 1.165) is 12.8 Å². The standard InChI is InChI=1S/C7H8O/c8-7-4-5-1-2-6(7)3-5/h5-6H,1-3H2. The number of hydrogen-bond donors (Lipinski definition) is 0. The summed E-state index contributed by atoms with van der Waals surface area (Å²) in [5.74, 6) is 1.23. The van der Waals surface area contributed by atoms with Gasteiger partial charge in [0.25, 0.3) is 0 Å². The lowest BCUT2D eigenvalue weighted by molar-refractivity contribution is -0.118. The summed E-state index contributed by atoms with van der Waals surface area (Å²) in [7, 11) is 0. The van der Waals surface area contributed by atoms with Crippen LogP contribution in [0.2, 0.25) is 0 Å². The zero-order valence-corrected chi connectivity index (χ0v) is 4.68. The number of rotatable bonds is 0. The van der Waals surface area contributed by atoms with Crippen LogP contribution in [0.1, 0.15) is 19.3 Å². The van der Waals surface area contributed by atoms with E-state index in [1.54, 1.807) is 0 Å². The highest BCUT2D eigenvalue weighted by Gasteiger charge is 2.38. The van der Waals surface area contributed by atoms with Crippen LogP contribution in [0.4, 0.5) is 0 Å². The quantitative estimate of drug-likeness (QED) is 0.453. The molecule has 0 spiro atoms. The Morgan fingerprint density at radius 1 is 1.50 bits per heavy atom. The molecule has 1 heteroatoms. The summed E-state index contributed by atoms with van der Waals surface area (Å²) in [6.07, 6.45) is 6.38. The molecule has 2 rings (SSSR count). The van der Waals surface area contributed by atoms with Crippen molar-refractivity contribution in [3.05, 3.63) is 6.42 Å². The van der Waals surface area contributed by atoms with E-state index in [1.807, 2.05) is 0 Å². The van der Waals surface area contributed by atoms with E-state index < -0.39 is 0 Å². The molecule has 0 N–H and O–H groups in total. The van der Waals surface area contributed by atoms with Crippen molar-refractivity contribution in [2.75, 3.05) is 0 Å². The molecule has 42 valence electrons. The van der Waals surface area contributed by atoms with Crippen molar-refractivity contribution < 1.29 is 4.79 Å². The molecule has 0 saturated heterocycles. The smallest absolute Gasteiger partial charge is 0.144 e. The minimum Gasteiger partial charge on any atom is -0.299 e. The zero-order chi connectivity index (χ0) is 5.56. The molecule has 0 amide bonds. The van der Waals surface area contributed by atoms with Crippen molar-refractivity contribution >= 4 is 5.78 Å². The second-order valence-corrected chi connectivity index (χ2v) is 2.72. The topological polar surface area (TPSA) is 17.1 Å². The Balaban J connectivity index is 2.22. The van der Waals surface area contributed by atoms with Crippen LogP contribution in [0.5, 0.6) is 0 Å².